The number of ether oxygens (including phenoxy) is 1. The molecule has 1 aromatic heterocycles. The van der Waals surface area contributed by atoms with Crippen molar-refractivity contribution in [2.75, 3.05) is 0 Å². The van der Waals surface area contributed by atoms with Gasteiger partial charge in [0.1, 0.15) is 17.9 Å². The summed E-state index contributed by atoms with van der Waals surface area (Å²) in [7, 11) is 0. The highest BCUT2D eigenvalue weighted by atomic mass is 16.9. The third-order valence-corrected chi connectivity index (χ3v) is 3.99. The first kappa shape index (κ1) is 18.4. The van der Waals surface area contributed by atoms with E-state index in [0.717, 1.165) is 25.7 Å². The lowest BCUT2D eigenvalue weighted by Gasteiger charge is -2.33. The molecular formula is C17H21N3O5. The van der Waals surface area contributed by atoms with Gasteiger partial charge in [0, 0.05) is 12.4 Å². The molecule has 2 aromatic rings. The Hall–Kier alpha value is -2.90. The van der Waals surface area contributed by atoms with E-state index in [4.69, 9.17) is 20.1 Å². The largest absolute Gasteiger partial charge is 0.487 e. The molecule has 3 rings (SSSR count). The standard InChI is InChI=1S/C17H20N2O2.HNO3/c1-2-3-4-9-15-16(19-11-10-18-12-19)17(20)13-7-5-6-8-14(13)21-15;2-1(3)4/h5-8,10-12,15-16H,2-4,9H2,1H3;(H,2,3,4)/t15-,16?;/m1./s1. The van der Waals surface area contributed by atoms with Crippen LogP contribution in [-0.4, -0.2) is 31.7 Å². The molecule has 1 aliphatic rings. The van der Waals surface area contributed by atoms with Gasteiger partial charge in [-0.15, -0.1) is 10.1 Å². The Labute approximate surface area is 145 Å². The maximum absolute atomic E-state index is 12.8. The number of carbonyl (C=O) groups is 1. The normalized spacial score (nSPS) is 18.5. The predicted octanol–water partition coefficient (Wildman–Crippen LogP) is 3.30. The molecule has 2 atom stereocenters. The molecule has 0 aliphatic carbocycles. The van der Waals surface area contributed by atoms with Crippen LogP contribution in [0.1, 0.15) is 49.0 Å². The summed E-state index contributed by atoms with van der Waals surface area (Å²) in [5, 5.41) is 13.6. The number of ketones is 1. The van der Waals surface area contributed by atoms with Crippen LogP contribution in [0.25, 0.3) is 0 Å². The van der Waals surface area contributed by atoms with Gasteiger partial charge in [-0.1, -0.05) is 31.9 Å². The van der Waals surface area contributed by atoms with Gasteiger partial charge in [0.05, 0.1) is 11.9 Å². The Morgan fingerprint density at radius 2 is 2.08 bits per heavy atom. The third kappa shape index (κ3) is 4.79. The summed E-state index contributed by atoms with van der Waals surface area (Å²) in [6.07, 6.45) is 9.40. The first-order valence-corrected chi connectivity index (χ1v) is 8.15. The highest BCUT2D eigenvalue weighted by Gasteiger charge is 2.37. The molecular weight excluding hydrogens is 326 g/mol. The maximum atomic E-state index is 12.8. The van der Waals surface area contributed by atoms with E-state index in [-0.39, 0.29) is 17.9 Å². The third-order valence-electron chi connectivity index (χ3n) is 3.99. The van der Waals surface area contributed by atoms with E-state index in [2.05, 4.69) is 11.9 Å². The van der Waals surface area contributed by atoms with Crippen LogP contribution in [0.2, 0.25) is 0 Å². The first-order chi connectivity index (χ1) is 12.0. The molecule has 0 saturated heterocycles. The number of para-hydroxylation sites is 1. The summed E-state index contributed by atoms with van der Waals surface area (Å²) in [4.78, 5) is 25.3. The van der Waals surface area contributed by atoms with Gasteiger partial charge in [0.25, 0.3) is 5.09 Å². The molecule has 0 fully saturated rings. The molecule has 0 spiro atoms. The minimum Gasteiger partial charge on any atom is -0.487 e. The summed E-state index contributed by atoms with van der Waals surface area (Å²) < 4.78 is 7.99. The minimum atomic E-state index is -1.50. The average molecular weight is 347 g/mol. The van der Waals surface area contributed by atoms with Crippen molar-refractivity contribution < 1.29 is 19.8 Å². The Kier molecular flexibility index (Phi) is 6.50. The van der Waals surface area contributed by atoms with Crippen LogP contribution in [0.4, 0.5) is 0 Å². The van der Waals surface area contributed by atoms with Crippen LogP contribution in [-0.2, 0) is 0 Å². The summed E-state index contributed by atoms with van der Waals surface area (Å²) in [5.41, 5.74) is 0.669. The van der Waals surface area contributed by atoms with Crippen molar-refractivity contribution in [1.29, 1.82) is 0 Å². The van der Waals surface area contributed by atoms with Gasteiger partial charge in [0.2, 0.25) is 0 Å². The van der Waals surface area contributed by atoms with E-state index in [0.29, 0.717) is 11.3 Å². The fraction of sp³-hybridized carbons (Fsp3) is 0.412. The number of carbonyl (C=O) groups excluding carboxylic acids is 1. The Bertz CT molecular complexity index is 698. The van der Waals surface area contributed by atoms with E-state index in [1.165, 1.54) is 0 Å². The number of benzene rings is 1. The molecule has 0 saturated carbocycles. The van der Waals surface area contributed by atoms with Gasteiger partial charge >= 0.3 is 0 Å². The van der Waals surface area contributed by atoms with Crippen LogP contribution in [0.5, 0.6) is 5.75 Å². The number of nitrogens with zero attached hydrogens (tertiary/aromatic N) is 3. The lowest BCUT2D eigenvalue weighted by molar-refractivity contribution is -0.742. The van der Waals surface area contributed by atoms with Crippen molar-refractivity contribution in [3.63, 3.8) is 0 Å². The van der Waals surface area contributed by atoms with Crippen molar-refractivity contribution in [1.82, 2.24) is 9.55 Å². The monoisotopic (exact) mass is 347 g/mol. The quantitative estimate of drug-likeness (QED) is 0.505. The van der Waals surface area contributed by atoms with Gasteiger partial charge in [-0.05, 0) is 25.0 Å². The molecule has 1 N–H and O–H groups in total. The number of imidazole rings is 1. The van der Waals surface area contributed by atoms with Gasteiger partial charge in [-0.25, -0.2) is 4.98 Å². The Morgan fingerprint density at radius 1 is 1.36 bits per heavy atom. The summed E-state index contributed by atoms with van der Waals surface area (Å²) in [6, 6.07) is 7.20. The van der Waals surface area contributed by atoms with Crippen LogP contribution in [0.15, 0.2) is 43.0 Å². The van der Waals surface area contributed by atoms with Crippen LogP contribution >= 0.6 is 0 Å². The van der Waals surface area contributed by atoms with Gasteiger partial charge in [-0.2, -0.15) is 0 Å². The zero-order valence-corrected chi connectivity index (χ0v) is 13.9. The van der Waals surface area contributed by atoms with E-state index < -0.39 is 5.09 Å². The molecule has 0 bridgehead atoms. The summed E-state index contributed by atoms with van der Waals surface area (Å²) in [6.45, 7) is 2.18. The Balaban J connectivity index is 0.000000511. The van der Waals surface area contributed by atoms with Crippen molar-refractivity contribution in [3.05, 3.63) is 58.7 Å². The van der Waals surface area contributed by atoms with E-state index >= 15 is 0 Å². The number of hydrogen-bond acceptors (Lipinski definition) is 5. The molecule has 25 heavy (non-hydrogen) atoms. The van der Waals surface area contributed by atoms with Crippen molar-refractivity contribution >= 4 is 5.78 Å². The van der Waals surface area contributed by atoms with E-state index in [9.17, 15) is 4.79 Å². The average Bonchev–Trinajstić information content (AvgIpc) is 3.09. The SMILES string of the molecule is CCCCC[C@H]1Oc2ccccc2C(=O)C1n1ccnc1.O=[N+]([O-])O. The molecule has 8 nitrogen and oxygen atoms in total. The van der Waals surface area contributed by atoms with Gasteiger partial charge in [-0.3, -0.25) is 4.79 Å². The predicted molar refractivity (Wildman–Crippen MR) is 89.4 cm³/mol. The molecule has 1 aromatic carbocycles. The smallest absolute Gasteiger partial charge is 0.291 e. The zero-order chi connectivity index (χ0) is 18.2. The van der Waals surface area contributed by atoms with Crippen molar-refractivity contribution in [2.24, 2.45) is 0 Å². The summed E-state index contributed by atoms with van der Waals surface area (Å²) >= 11 is 0. The topological polar surface area (TPSA) is 107 Å². The highest BCUT2D eigenvalue weighted by molar-refractivity contribution is 6.02. The minimum absolute atomic E-state index is 0.117. The number of rotatable bonds is 5. The van der Waals surface area contributed by atoms with Crippen LogP contribution in [0.3, 0.4) is 0 Å². The van der Waals surface area contributed by atoms with E-state index in [1.54, 1.807) is 12.5 Å². The Morgan fingerprint density at radius 3 is 2.72 bits per heavy atom. The molecule has 1 unspecified atom stereocenters. The number of Topliss-reactive ketones (excluding diaryl/α,β-unsaturated/α-hetero) is 1. The zero-order valence-electron chi connectivity index (χ0n) is 13.9. The number of aromatic nitrogens is 2. The number of fused-ring (bicyclic) bond motifs is 1. The fourth-order valence-electron chi connectivity index (χ4n) is 2.90. The van der Waals surface area contributed by atoms with Crippen molar-refractivity contribution in [3.8, 4) is 5.75 Å². The molecule has 2 heterocycles. The lowest BCUT2D eigenvalue weighted by atomic mass is 9.92. The summed E-state index contributed by atoms with van der Waals surface area (Å²) in [5.74, 6) is 0.830. The van der Waals surface area contributed by atoms with Crippen molar-refractivity contribution in [2.45, 2.75) is 44.8 Å². The molecule has 8 heteroatoms. The molecule has 0 amide bonds. The van der Waals surface area contributed by atoms with E-state index in [1.807, 2.05) is 35.0 Å². The number of hydrogen-bond donors (Lipinski definition) is 1. The van der Waals surface area contributed by atoms with Gasteiger partial charge < -0.3 is 14.5 Å². The molecule has 134 valence electrons. The fourth-order valence-corrected chi connectivity index (χ4v) is 2.90. The first-order valence-electron chi connectivity index (χ1n) is 8.15. The van der Waals surface area contributed by atoms with Gasteiger partial charge in [0.15, 0.2) is 5.78 Å². The second-order valence-corrected chi connectivity index (χ2v) is 5.71. The molecule has 1 aliphatic heterocycles. The maximum Gasteiger partial charge on any atom is 0.291 e. The second kappa shape index (κ2) is 8.81. The highest BCUT2D eigenvalue weighted by Crippen LogP contribution is 2.35. The molecule has 0 radical (unpaired) electrons. The van der Waals surface area contributed by atoms with Crippen LogP contribution < -0.4 is 4.74 Å². The van der Waals surface area contributed by atoms with Crippen LogP contribution in [0, 0.1) is 10.1 Å². The second-order valence-electron chi connectivity index (χ2n) is 5.71. The lowest BCUT2D eigenvalue weighted by Crippen LogP contribution is -2.39. The number of unbranched alkanes of at least 4 members (excludes halogenated alkanes) is 2.